The van der Waals surface area contributed by atoms with Crippen molar-refractivity contribution in [1.29, 1.82) is 0 Å². The van der Waals surface area contributed by atoms with E-state index in [2.05, 4.69) is 35.7 Å². The van der Waals surface area contributed by atoms with Crippen molar-refractivity contribution in [2.45, 2.75) is 36.9 Å². The van der Waals surface area contributed by atoms with Crippen LogP contribution in [0, 0.1) is 5.82 Å². The Kier molecular flexibility index (Phi) is 7.64. The molecule has 0 spiro atoms. The van der Waals surface area contributed by atoms with Crippen molar-refractivity contribution in [2.75, 3.05) is 26.4 Å². The monoisotopic (exact) mass is 451 g/mol. The molecular formula is C17H27FIN3S. The third-order valence-corrected chi connectivity index (χ3v) is 5.59. The van der Waals surface area contributed by atoms with Crippen LogP contribution in [-0.2, 0) is 5.41 Å². The highest BCUT2D eigenvalue weighted by Crippen LogP contribution is 2.47. The van der Waals surface area contributed by atoms with Gasteiger partial charge in [-0.15, -0.1) is 24.0 Å². The van der Waals surface area contributed by atoms with Crippen LogP contribution in [0.25, 0.3) is 0 Å². The fourth-order valence-electron chi connectivity index (χ4n) is 2.38. The lowest BCUT2D eigenvalue weighted by atomic mass is 9.96. The Balaban J connectivity index is 0.00000264. The predicted octanol–water partition coefficient (Wildman–Crippen LogP) is 3.78. The van der Waals surface area contributed by atoms with Crippen molar-refractivity contribution < 1.29 is 4.39 Å². The third kappa shape index (κ3) is 5.81. The number of aliphatic imine (C=N–C) groups is 1. The van der Waals surface area contributed by atoms with Gasteiger partial charge in [-0.05, 0) is 50.6 Å². The number of halogens is 2. The van der Waals surface area contributed by atoms with Crippen LogP contribution < -0.4 is 10.6 Å². The number of nitrogens with one attached hydrogen (secondary N) is 2. The Bertz CT molecular complexity index is 544. The Hall–Kier alpha value is -0.500. The van der Waals surface area contributed by atoms with Gasteiger partial charge < -0.3 is 10.6 Å². The number of benzene rings is 1. The van der Waals surface area contributed by atoms with Crippen LogP contribution in [0.3, 0.4) is 0 Å². The first kappa shape index (κ1) is 20.5. The van der Waals surface area contributed by atoms with E-state index in [4.69, 9.17) is 0 Å². The van der Waals surface area contributed by atoms with Crippen LogP contribution in [0.5, 0.6) is 0 Å². The van der Waals surface area contributed by atoms with Crippen molar-refractivity contribution in [3.8, 4) is 0 Å². The van der Waals surface area contributed by atoms with Crippen LogP contribution in [-0.4, -0.2) is 37.1 Å². The number of hydrogen-bond donors (Lipinski definition) is 2. The highest BCUT2D eigenvalue weighted by atomic mass is 127. The number of nitrogens with zero attached hydrogens (tertiary/aromatic N) is 1. The topological polar surface area (TPSA) is 36.4 Å². The van der Waals surface area contributed by atoms with E-state index in [1.54, 1.807) is 19.2 Å². The Labute approximate surface area is 160 Å². The Morgan fingerprint density at radius 1 is 1.35 bits per heavy atom. The minimum atomic E-state index is -0.159. The molecule has 130 valence electrons. The van der Waals surface area contributed by atoms with Gasteiger partial charge in [0.2, 0.25) is 0 Å². The van der Waals surface area contributed by atoms with Gasteiger partial charge in [0.1, 0.15) is 5.82 Å². The Morgan fingerprint density at radius 3 is 2.57 bits per heavy atom. The van der Waals surface area contributed by atoms with Crippen LogP contribution in [0.4, 0.5) is 4.39 Å². The van der Waals surface area contributed by atoms with Crippen LogP contribution in [0.2, 0.25) is 0 Å². The van der Waals surface area contributed by atoms with E-state index in [1.807, 2.05) is 17.8 Å². The van der Waals surface area contributed by atoms with E-state index in [9.17, 15) is 4.39 Å². The molecule has 1 fully saturated rings. The van der Waals surface area contributed by atoms with Gasteiger partial charge in [-0.25, -0.2) is 4.39 Å². The molecule has 2 N–H and O–H groups in total. The third-order valence-electron chi connectivity index (χ3n) is 4.34. The zero-order chi connectivity index (χ0) is 16.2. The summed E-state index contributed by atoms with van der Waals surface area (Å²) in [6.45, 7) is 6.04. The maximum absolute atomic E-state index is 13.4. The molecule has 0 amide bonds. The van der Waals surface area contributed by atoms with E-state index >= 15 is 0 Å². The van der Waals surface area contributed by atoms with Crippen molar-refractivity contribution in [2.24, 2.45) is 4.99 Å². The van der Waals surface area contributed by atoms with Crippen LogP contribution in [0.15, 0.2) is 29.3 Å². The molecule has 1 aliphatic rings. The molecule has 2 rings (SSSR count). The highest BCUT2D eigenvalue weighted by molar-refractivity contribution is 14.0. The summed E-state index contributed by atoms with van der Waals surface area (Å²) in [4.78, 5) is 4.28. The first-order valence-electron chi connectivity index (χ1n) is 7.66. The van der Waals surface area contributed by atoms with Gasteiger partial charge >= 0.3 is 0 Å². The summed E-state index contributed by atoms with van der Waals surface area (Å²) < 4.78 is 13.6. The van der Waals surface area contributed by atoms with Crippen molar-refractivity contribution >= 4 is 41.7 Å². The normalized spacial score (nSPS) is 16.5. The molecule has 23 heavy (non-hydrogen) atoms. The number of guanidine groups is 1. The number of hydrogen-bond acceptors (Lipinski definition) is 2. The zero-order valence-corrected chi connectivity index (χ0v) is 17.4. The smallest absolute Gasteiger partial charge is 0.191 e. The highest BCUT2D eigenvalue weighted by Gasteiger charge is 2.44. The fourth-order valence-corrected chi connectivity index (χ4v) is 2.60. The summed E-state index contributed by atoms with van der Waals surface area (Å²) in [5.74, 6) is 0.651. The minimum absolute atomic E-state index is 0. The molecule has 6 heteroatoms. The van der Waals surface area contributed by atoms with Crippen molar-refractivity contribution in [3.05, 3.63) is 35.6 Å². The van der Waals surface area contributed by atoms with Gasteiger partial charge in [0, 0.05) is 30.3 Å². The lowest BCUT2D eigenvalue weighted by Crippen LogP contribution is -2.45. The predicted molar refractivity (Wildman–Crippen MR) is 110 cm³/mol. The maximum Gasteiger partial charge on any atom is 0.191 e. The molecule has 0 saturated heterocycles. The van der Waals surface area contributed by atoms with Gasteiger partial charge in [-0.2, -0.15) is 11.8 Å². The first-order valence-corrected chi connectivity index (χ1v) is 8.89. The minimum Gasteiger partial charge on any atom is -0.356 e. The van der Waals surface area contributed by atoms with E-state index in [1.165, 1.54) is 6.07 Å². The standard InChI is InChI=1S/C17H26FN3S.HI/c1-16(2,22-4)11-20-15(19-3)21-12-17(8-9-17)13-6-5-7-14(18)10-13;/h5-7,10H,8-9,11-12H2,1-4H3,(H2,19,20,21);1H. The molecule has 1 aromatic rings. The molecule has 0 aliphatic heterocycles. The molecule has 0 atom stereocenters. The second-order valence-corrected chi connectivity index (χ2v) is 8.05. The van der Waals surface area contributed by atoms with E-state index in [-0.39, 0.29) is 40.0 Å². The Morgan fingerprint density at radius 2 is 2.04 bits per heavy atom. The molecule has 1 saturated carbocycles. The number of thioether (sulfide) groups is 1. The molecule has 0 aromatic heterocycles. The summed E-state index contributed by atoms with van der Waals surface area (Å²) in [6.07, 6.45) is 4.30. The molecule has 0 unspecified atom stereocenters. The van der Waals surface area contributed by atoms with Crippen molar-refractivity contribution in [1.82, 2.24) is 10.6 Å². The molecule has 0 bridgehead atoms. The summed E-state index contributed by atoms with van der Waals surface area (Å²) >= 11 is 1.83. The average molecular weight is 451 g/mol. The van der Waals surface area contributed by atoms with Gasteiger partial charge in [-0.1, -0.05) is 12.1 Å². The maximum atomic E-state index is 13.4. The van der Waals surface area contributed by atoms with Crippen LogP contribution in [0.1, 0.15) is 32.3 Å². The van der Waals surface area contributed by atoms with Gasteiger partial charge in [-0.3, -0.25) is 4.99 Å². The molecule has 0 radical (unpaired) electrons. The fraction of sp³-hybridized carbons (Fsp3) is 0.588. The zero-order valence-electron chi connectivity index (χ0n) is 14.3. The van der Waals surface area contributed by atoms with Gasteiger partial charge in [0.05, 0.1) is 0 Å². The average Bonchev–Trinajstić information content (AvgIpc) is 3.29. The summed E-state index contributed by atoms with van der Waals surface area (Å²) in [5, 5.41) is 6.76. The molecule has 1 aliphatic carbocycles. The molecule has 1 aromatic carbocycles. The van der Waals surface area contributed by atoms with Gasteiger partial charge in [0.25, 0.3) is 0 Å². The summed E-state index contributed by atoms with van der Waals surface area (Å²) in [6, 6.07) is 6.96. The quantitative estimate of drug-likeness (QED) is 0.393. The summed E-state index contributed by atoms with van der Waals surface area (Å²) in [5.41, 5.74) is 1.15. The molecule has 0 heterocycles. The van der Waals surface area contributed by atoms with Crippen molar-refractivity contribution in [3.63, 3.8) is 0 Å². The first-order chi connectivity index (χ1) is 10.4. The number of rotatable bonds is 6. The largest absolute Gasteiger partial charge is 0.356 e. The van der Waals surface area contributed by atoms with Crippen LogP contribution >= 0.6 is 35.7 Å². The second-order valence-electron chi connectivity index (χ2n) is 6.53. The molecular weight excluding hydrogens is 424 g/mol. The second kappa shape index (κ2) is 8.55. The van der Waals surface area contributed by atoms with E-state index < -0.39 is 0 Å². The molecule has 3 nitrogen and oxygen atoms in total. The lowest BCUT2D eigenvalue weighted by Gasteiger charge is -2.25. The lowest BCUT2D eigenvalue weighted by molar-refractivity contribution is 0.603. The van der Waals surface area contributed by atoms with E-state index in [0.29, 0.717) is 0 Å². The van der Waals surface area contributed by atoms with Gasteiger partial charge in [0.15, 0.2) is 5.96 Å². The SMILES string of the molecule is CN=C(NCC(C)(C)SC)NCC1(c2cccc(F)c2)CC1.I. The summed E-state index contributed by atoms with van der Waals surface area (Å²) in [7, 11) is 1.78. The van der Waals surface area contributed by atoms with E-state index in [0.717, 1.165) is 37.5 Å².